The van der Waals surface area contributed by atoms with Gasteiger partial charge in [0.05, 0.1) is 19.8 Å². The lowest BCUT2D eigenvalue weighted by Gasteiger charge is -2.11. The van der Waals surface area contributed by atoms with E-state index in [0.717, 1.165) is 28.5 Å². The molecular weight excluding hydrogens is 230 g/mol. The normalized spacial score (nSPS) is 10.2. The predicted molar refractivity (Wildman–Crippen MR) is 68.5 cm³/mol. The minimum Gasteiger partial charge on any atom is -0.496 e. The smallest absolute Gasteiger partial charge is 0.387 e. The number of H-pyrrole nitrogens is 1. The Balaban J connectivity index is 2.68. The van der Waals surface area contributed by atoms with Gasteiger partial charge in [-0.05, 0) is 19.1 Å². The van der Waals surface area contributed by atoms with Crippen LogP contribution in [0.15, 0.2) is 24.3 Å². The number of benzene rings is 1. The molecule has 0 unspecified atom stereocenters. The van der Waals surface area contributed by atoms with Gasteiger partial charge in [-0.2, -0.15) is 0 Å². The Hall–Kier alpha value is -2.30. The van der Waals surface area contributed by atoms with Crippen molar-refractivity contribution in [1.29, 1.82) is 0 Å². The van der Waals surface area contributed by atoms with Crippen LogP contribution in [0.3, 0.4) is 0 Å². The third-order valence-corrected chi connectivity index (χ3v) is 2.61. The van der Waals surface area contributed by atoms with Gasteiger partial charge in [-0.3, -0.25) is 5.73 Å². The number of ether oxygens (including phenoxy) is 2. The van der Waals surface area contributed by atoms with Crippen molar-refractivity contribution in [3.63, 3.8) is 0 Å². The molecule has 5 nitrogen and oxygen atoms in total. The highest BCUT2D eigenvalue weighted by atomic mass is 16.5. The number of nitrogen functional groups attached to an aromatic ring is 1. The fraction of sp³-hybridized carbons (Fsp3) is 0.231. The molecule has 94 valence electrons. The van der Waals surface area contributed by atoms with Crippen LogP contribution in [0.2, 0.25) is 0 Å². The monoisotopic (exact) mass is 246 g/mol. The summed E-state index contributed by atoms with van der Waals surface area (Å²) in [6.45, 7) is 1.88. The van der Waals surface area contributed by atoms with Crippen molar-refractivity contribution in [1.82, 2.24) is 4.98 Å². The molecule has 2 aromatic rings. The first kappa shape index (κ1) is 12.2. The summed E-state index contributed by atoms with van der Waals surface area (Å²) in [5.41, 5.74) is 8.21. The van der Waals surface area contributed by atoms with Crippen LogP contribution in [0.25, 0.3) is 11.3 Å². The highest BCUT2D eigenvalue weighted by Gasteiger charge is 2.16. The molecule has 0 fully saturated rings. The highest BCUT2D eigenvalue weighted by molar-refractivity contribution is 5.72. The molecule has 1 aromatic heterocycles. The maximum absolute atomic E-state index is 5.73. The minimum atomic E-state index is 0.359. The lowest BCUT2D eigenvalue weighted by atomic mass is 10.1. The minimum absolute atomic E-state index is 0.359. The first-order valence-corrected chi connectivity index (χ1v) is 5.53. The molecule has 0 saturated carbocycles. The molecule has 1 aromatic carbocycles. The molecule has 0 atom stereocenters. The molecule has 2 rings (SSSR count). The van der Waals surface area contributed by atoms with Crippen LogP contribution in [0.1, 0.15) is 5.69 Å². The number of nitrogens with zero attached hydrogens (tertiary/aromatic N) is 1. The molecule has 0 aliphatic heterocycles. The molecule has 0 aliphatic carbocycles. The standard InChI is InChI=1S/C13H15N3O2/c1-8-7-9(16-13(14)15-8)12-10(17-2)5-4-6-11(12)18-3/h4-7H,1-3H3,(H2,14,15,16)/p+1. The predicted octanol–water partition coefficient (Wildman–Crippen LogP) is 1.47. The Morgan fingerprint density at radius 1 is 1.17 bits per heavy atom. The van der Waals surface area contributed by atoms with Crippen LogP contribution in [0.5, 0.6) is 11.5 Å². The van der Waals surface area contributed by atoms with Gasteiger partial charge < -0.3 is 9.47 Å². The molecule has 18 heavy (non-hydrogen) atoms. The Morgan fingerprint density at radius 2 is 1.78 bits per heavy atom. The van der Waals surface area contributed by atoms with Gasteiger partial charge >= 0.3 is 5.95 Å². The number of aromatic nitrogens is 2. The number of hydrogen-bond donors (Lipinski definition) is 1. The molecule has 0 aliphatic rings. The number of nitrogens with two attached hydrogens (primary N) is 1. The van der Waals surface area contributed by atoms with E-state index in [1.165, 1.54) is 0 Å². The van der Waals surface area contributed by atoms with Gasteiger partial charge in [-0.25, -0.2) is 4.98 Å². The third-order valence-electron chi connectivity index (χ3n) is 2.61. The van der Waals surface area contributed by atoms with Crippen LogP contribution in [-0.4, -0.2) is 19.2 Å². The molecule has 5 heteroatoms. The summed E-state index contributed by atoms with van der Waals surface area (Å²) < 4.78 is 10.7. The van der Waals surface area contributed by atoms with Crippen molar-refractivity contribution in [3.05, 3.63) is 30.0 Å². The van der Waals surface area contributed by atoms with E-state index in [1.54, 1.807) is 14.2 Å². The summed E-state index contributed by atoms with van der Waals surface area (Å²) in [5, 5.41) is 0. The average molecular weight is 246 g/mol. The van der Waals surface area contributed by atoms with E-state index in [-0.39, 0.29) is 0 Å². The summed E-state index contributed by atoms with van der Waals surface area (Å²) in [4.78, 5) is 7.13. The molecular formula is C13H16N3O2+. The number of hydrogen-bond acceptors (Lipinski definition) is 4. The van der Waals surface area contributed by atoms with E-state index in [1.807, 2.05) is 31.2 Å². The summed E-state index contributed by atoms with van der Waals surface area (Å²) in [6.07, 6.45) is 0. The van der Waals surface area contributed by atoms with Gasteiger partial charge in [0.1, 0.15) is 22.9 Å². The van der Waals surface area contributed by atoms with E-state index in [9.17, 15) is 0 Å². The van der Waals surface area contributed by atoms with Crippen LogP contribution in [0.4, 0.5) is 5.95 Å². The lowest BCUT2D eigenvalue weighted by molar-refractivity contribution is -0.351. The Bertz CT molecular complexity index is 528. The number of nitrogens with one attached hydrogen (secondary N) is 1. The fourth-order valence-corrected chi connectivity index (χ4v) is 1.88. The molecule has 0 radical (unpaired) electrons. The number of aryl methyl sites for hydroxylation is 1. The molecule has 0 amide bonds. The van der Waals surface area contributed by atoms with E-state index >= 15 is 0 Å². The van der Waals surface area contributed by atoms with Crippen LogP contribution in [-0.2, 0) is 0 Å². The van der Waals surface area contributed by atoms with Crippen molar-refractivity contribution < 1.29 is 14.5 Å². The van der Waals surface area contributed by atoms with Crippen molar-refractivity contribution in [2.45, 2.75) is 6.92 Å². The molecule has 1 heterocycles. The van der Waals surface area contributed by atoms with E-state index in [2.05, 4.69) is 9.97 Å². The second-order valence-corrected chi connectivity index (χ2v) is 3.86. The highest BCUT2D eigenvalue weighted by Crippen LogP contribution is 2.36. The number of aromatic amines is 1. The van der Waals surface area contributed by atoms with Gasteiger partial charge in [0.2, 0.25) is 0 Å². The zero-order chi connectivity index (χ0) is 13.1. The number of rotatable bonds is 3. The van der Waals surface area contributed by atoms with Gasteiger partial charge in [0, 0.05) is 6.07 Å². The van der Waals surface area contributed by atoms with Crippen LogP contribution in [0, 0.1) is 6.92 Å². The third kappa shape index (κ3) is 2.20. The van der Waals surface area contributed by atoms with Crippen molar-refractivity contribution in [2.75, 3.05) is 20.0 Å². The summed E-state index contributed by atoms with van der Waals surface area (Å²) in [5.74, 6) is 1.80. The number of anilines is 1. The largest absolute Gasteiger partial charge is 0.496 e. The molecule has 3 N–H and O–H groups in total. The van der Waals surface area contributed by atoms with Gasteiger partial charge in [-0.15, -0.1) is 0 Å². The van der Waals surface area contributed by atoms with Crippen LogP contribution >= 0.6 is 0 Å². The van der Waals surface area contributed by atoms with Gasteiger partial charge in [-0.1, -0.05) is 11.1 Å². The van der Waals surface area contributed by atoms with Crippen molar-refractivity contribution >= 4 is 5.95 Å². The average Bonchev–Trinajstić information content (AvgIpc) is 2.36. The zero-order valence-corrected chi connectivity index (χ0v) is 10.7. The second kappa shape index (κ2) is 4.91. The van der Waals surface area contributed by atoms with Gasteiger partial charge in [0.15, 0.2) is 0 Å². The van der Waals surface area contributed by atoms with Gasteiger partial charge in [0.25, 0.3) is 0 Å². The van der Waals surface area contributed by atoms with E-state index in [0.29, 0.717) is 5.95 Å². The quantitative estimate of drug-likeness (QED) is 0.890. The number of methoxy groups -OCH3 is 2. The SMILES string of the molecule is COc1cccc(OC)c1-c1cc(C)nc(N)[nH+]1. The second-order valence-electron chi connectivity index (χ2n) is 3.86. The maximum atomic E-state index is 5.73. The Labute approximate surface area is 106 Å². The molecule has 0 spiro atoms. The van der Waals surface area contributed by atoms with Crippen molar-refractivity contribution in [2.24, 2.45) is 0 Å². The first-order valence-electron chi connectivity index (χ1n) is 5.53. The molecule has 0 bridgehead atoms. The fourth-order valence-electron chi connectivity index (χ4n) is 1.88. The maximum Gasteiger partial charge on any atom is 0.387 e. The first-order chi connectivity index (χ1) is 8.65. The van der Waals surface area contributed by atoms with E-state index < -0.39 is 0 Å². The molecule has 0 saturated heterocycles. The topological polar surface area (TPSA) is 71.5 Å². The zero-order valence-electron chi connectivity index (χ0n) is 10.7. The summed E-state index contributed by atoms with van der Waals surface area (Å²) in [6, 6.07) is 7.52. The lowest BCUT2D eigenvalue weighted by Crippen LogP contribution is -2.17. The van der Waals surface area contributed by atoms with E-state index in [4.69, 9.17) is 15.2 Å². The van der Waals surface area contributed by atoms with Crippen LogP contribution < -0.4 is 20.2 Å². The summed E-state index contributed by atoms with van der Waals surface area (Å²) >= 11 is 0. The van der Waals surface area contributed by atoms with Crippen molar-refractivity contribution in [3.8, 4) is 22.8 Å². The Morgan fingerprint density at radius 3 is 2.28 bits per heavy atom. The Kier molecular flexibility index (Phi) is 3.32. The summed E-state index contributed by atoms with van der Waals surface area (Å²) in [7, 11) is 3.24.